The lowest BCUT2D eigenvalue weighted by atomic mass is 10.1. The van der Waals surface area contributed by atoms with Crippen LogP contribution in [0.5, 0.6) is 5.75 Å². The molecule has 0 fully saturated rings. The summed E-state index contributed by atoms with van der Waals surface area (Å²) in [6.07, 6.45) is 0. The molecule has 0 amide bonds. The molecule has 5 nitrogen and oxygen atoms in total. The van der Waals surface area contributed by atoms with Gasteiger partial charge in [-0.3, -0.25) is 4.55 Å². The molecule has 0 spiro atoms. The van der Waals surface area contributed by atoms with Gasteiger partial charge in [-0.2, -0.15) is 8.42 Å². The molecule has 0 bridgehead atoms. The monoisotopic (exact) mass is 241 g/mol. The highest BCUT2D eigenvalue weighted by molar-refractivity contribution is 7.85. The minimum absolute atomic E-state index is 0. The van der Waals surface area contributed by atoms with E-state index in [1.165, 1.54) is 30.3 Å². The Morgan fingerprint density at radius 1 is 0.938 bits per heavy atom. The van der Waals surface area contributed by atoms with E-state index < -0.39 is 10.1 Å². The Kier molecular flexibility index (Phi) is 3.18. The lowest BCUT2D eigenvalue weighted by molar-refractivity contribution is 0.476. The third kappa shape index (κ3) is 2.30. The number of hydrogen-bond acceptors (Lipinski definition) is 4. The van der Waals surface area contributed by atoms with Gasteiger partial charge in [-0.15, -0.1) is 0 Å². The van der Waals surface area contributed by atoms with Crippen molar-refractivity contribution in [3.05, 3.63) is 36.4 Å². The lowest BCUT2D eigenvalue weighted by Crippen LogP contribution is -1.97. The van der Waals surface area contributed by atoms with Crippen LogP contribution in [-0.4, -0.2) is 18.1 Å². The van der Waals surface area contributed by atoms with Crippen LogP contribution in [0.4, 0.5) is 0 Å². The Morgan fingerprint density at radius 3 is 2.12 bits per heavy atom. The Balaban J connectivity index is 0.00000128. The zero-order valence-corrected chi connectivity index (χ0v) is 9.11. The smallest absolute Gasteiger partial charge is 0.294 e. The molecule has 0 atom stereocenters. The summed E-state index contributed by atoms with van der Waals surface area (Å²) in [6.45, 7) is 0. The van der Waals surface area contributed by atoms with Crippen LogP contribution in [0.25, 0.3) is 10.8 Å². The summed E-state index contributed by atoms with van der Waals surface area (Å²) in [5.74, 6) is 0.113. The molecule has 16 heavy (non-hydrogen) atoms. The molecule has 0 aromatic heterocycles. The highest BCUT2D eigenvalue weighted by Gasteiger charge is 2.09. The number of phenols is 1. The van der Waals surface area contributed by atoms with Gasteiger partial charge in [0.15, 0.2) is 0 Å². The van der Waals surface area contributed by atoms with E-state index >= 15 is 0 Å². The first-order valence-corrected chi connectivity index (χ1v) is 5.61. The molecule has 0 aliphatic heterocycles. The van der Waals surface area contributed by atoms with Gasteiger partial charge in [-0.05, 0) is 35.0 Å². The molecule has 0 saturated carbocycles. The second-order valence-electron chi connectivity index (χ2n) is 3.17. The summed E-state index contributed by atoms with van der Waals surface area (Å²) >= 11 is 0. The van der Waals surface area contributed by atoms with Gasteiger partial charge in [0.25, 0.3) is 10.1 Å². The first-order valence-electron chi connectivity index (χ1n) is 4.17. The predicted molar refractivity (Wildman–Crippen MR) is 60.4 cm³/mol. The standard InChI is InChI=1S/C10H8O4S.H3N/c11-9-3-1-8-6-10(15(12,13)14)4-2-7(8)5-9;/h1-6,11H,(H,12,13,14);1H3. The number of rotatable bonds is 1. The van der Waals surface area contributed by atoms with Crippen molar-refractivity contribution in [2.45, 2.75) is 4.90 Å². The average Bonchev–Trinajstić information content (AvgIpc) is 2.15. The predicted octanol–water partition coefficient (Wildman–Crippen LogP) is 1.95. The van der Waals surface area contributed by atoms with E-state index in [0.29, 0.717) is 10.8 Å². The van der Waals surface area contributed by atoms with Gasteiger partial charge in [0.1, 0.15) is 5.75 Å². The van der Waals surface area contributed by atoms with E-state index in [1.807, 2.05) is 0 Å². The maximum atomic E-state index is 10.8. The van der Waals surface area contributed by atoms with Crippen molar-refractivity contribution in [1.82, 2.24) is 6.15 Å². The zero-order valence-electron chi connectivity index (χ0n) is 8.29. The second kappa shape index (κ2) is 4.09. The molecule has 86 valence electrons. The normalized spacial score (nSPS) is 11.1. The fraction of sp³-hybridized carbons (Fsp3) is 0. The number of hydrogen-bond donors (Lipinski definition) is 3. The number of aromatic hydroxyl groups is 1. The molecule has 0 aliphatic rings. The van der Waals surface area contributed by atoms with Gasteiger partial charge in [0.05, 0.1) is 4.90 Å². The Labute approximate surface area is 92.7 Å². The van der Waals surface area contributed by atoms with E-state index in [-0.39, 0.29) is 16.8 Å². The van der Waals surface area contributed by atoms with Gasteiger partial charge in [-0.1, -0.05) is 12.1 Å². The fourth-order valence-corrected chi connectivity index (χ4v) is 1.89. The molecule has 0 aliphatic carbocycles. The van der Waals surface area contributed by atoms with E-state index in [1.54, 1.807) is 6.07 Å². The molecule has 0 unspecified atom stereocenters. The summed E-state index contributed by atoms with van der Waals surface area (Å²) in [5.41, 5.74) is 0. The molecule has 6 heteroatoms. The summed E-state index contributed by atoms with van der Waals surface area (Å²) in [6, 6.07) is 8.72. The van der Waals surface area contributed by atoms with Crippen LogP contribution in [0.15, 0.2) is 41.3 Å². The summed E-state index contributed by atoms with van der Waals surface area (Å²) in [4.78, 5) is -0.152. The van der Waals surface area contributed by atoms with Gasteiger partial charge < -0.3 is 11.3 Å². The molecule has 0 saturated heterocycles. The number of fused-ring (bicyclic) bond motifs is 1. The maximum absolute atomic E-state index is 10.8. The first kappa shape index (κ1) is 12.4. The van der Waals surface area contributed by atoms with Crippen molar-refractivity contribution in [1.29, 1.82) is 0 Å². The minimum Gasteiger partial charge on any atom is -0.508 e. The molecular formula is C10H11NO4S. The molecule has 2 aromatic carbocycles. The van der Waals surface area contributed by atoms with Gasteiger partial charge in [0.2, 0.25) is 0 Å². The largest absolute Gasteiger partial charge is 0.508 e. The van der Waals surface area contributed by atoms with Crippen LogP contribution in [0.3, 0.4) is 0 Å². The highest BCUT2D eigenvalue weighted by atomic mass is 32.2. The Bertz CT molecular complexity index is 622. The van der Waals surface area contributed by atoms with Crippen LogP contribution in [-0.2, 0) is 10.1 Å². The third-order valence-electron chi connectivity index (χ3n) is 2.09. The van der Waals surface area contributed by atoms with Crippen molar-refractivity contribution in [3.8, 4) is 5.75 Å². The number of benzene rings is 2. The van der Waals surface area contributed by atoms with Crippen LogP contribution < -0.4 is 6.15 Å². The van der Waals surface area contributed by atoms with Crippen LogP contribution >= 0.6 is 0 Å². The van der Waals surface area contributed by atoms with Gasteiger partial charge in [-0.25, -0.2) is 0 Å². The lowest BCUT2D eigenvalue weighted by Gasteiger charge is -2.01. The summed E-state index contributed by atoms with van der Waals surface area (Å²) in [7, 11) is -4.17. The minimum atomic E-state index is -4.17. The number of phenolic OH excluding ortho intramolecular Hbond substituents is 1. The average molecular weight is 241 g/mol. The quantitative estimate of drug-likeness (QED) is 0.661. The zero-order chi connectivity index (χ0) is 11.1. The fourth-order valence-electron chi connectivity index (χ4n) is 1.37. The molecule has 0 heterocycles. The van der Waals surface area contributed by atoms with Gasteiger partial charge >= 0.3 is 0 Å². The van der Waals surface area contributed by atoms with Gasteiger partial charge in [0, 0.05) is 0 Å². The van der Waals surface area contributed by atoms with Crippen molar-refractivity contribution < 1.29 is 18.1 Å². The molecule has 2 rings (SSSR count). The van der Waals surface area contributed by atoms with Crippen molar-refractivity contribution in [2.24, 2.45) is 0 Å². The Hall–Kier alpha value is -1.63. The van der Waals surface area contributed by atoms with Crippen molar-refractivity contribution >= 4 is 20.9 Å². The van der Waals surface area contributed by atoms with Crippen LogP contribution in [0, 0.1) is 0 Å². The molecule has 5 N–H and O–H groups in total. The molecular weight excluding hydrogens is 230 g/mol. The topological polar surface area (TPSA) is 110 Å². The van der Waals surface area contributed by atoms with E-state index in [2.05, 4.69) is 0 Å². The maximum Gasteiger partial charge on any atom is 0.294 e. The first-order chi connectivity index (χ1) is 6.97. The molecule has 2 aromatic rings. The van der Waals surface area contributed by atoms with Crippen LogP contribution in [0.2, 0.25) is 0 Å². The van der Waals surface area contributed by atoms with E-state index in [9.17, 15) is 13.5 Å². The second-order valence-corrected chi connectivity index (χ2v) is 4.59. The highest BCUT2D eigenvalue weighted by Crippen LogP contribution is 2.22. The van der Waals surface area contributed by atoms with E-state index in [4.69, 9.17) is 4.55 Å². The SMILES string of the molecule is N.O=S(=O)(O)c1ccc2cc(O)ccc2c1. The van der Waals surface area contributed by atoms with E-state index in [0.717, 1.165) is 0 Å². The Morgan fingerprint density at radius 2 is 1.50 bits per heavy atom. The summed E-state index contributed by atoms with van der Waals surface area (Å²) < 4.78 is 30.5. The summed E-state index contributed by atoms with van der Waals surface area (Å²) in [5, 5.41) is 10.5. The third-order valence-corrected chi connectivity index (χ3v) is 2.94. The van der Waals surface area contributed by atoms with Crippen LogP contribution in [0.1, 0.15) is 0 Å². The van der Waals surface area contributed by atoms with Crippen molar-refractivity contribution in [3.63, 3.8) is 0 Å². The molecule has 0 radical (unpaired) electrons. The van der Waals surface area contributed by atoms with Crippen molar-refractivity contribution in [2.75, 3.05) is 0 Å².